The van der Waals surface area contributed by atoms with Crippen LogP contribution >= 0.6 is 0 Å². The van der Waals surface area contributed by atoms with E-state index < -0.39 is 0 Å². The van der Waals surface area contributed by atoms with E-state index in [4.69, 9.17) is 14.5 Å². The standard InChI is InChI=1S/C23H17N5O2/c24-11-17-15-4-3-5-16(15)23(28-19-7-2-1-6-18(19)26-22(17)28)27-25-12-14-8-9-20-21(10-14)30-13-29-20/h1-2,6-10,12,27H,3-5,13H2/b25-12-. The minimum Gasteiger partial charge on any atom is -0.454 e. The highest BCUT2D eigenvalue weighted by molar-refractivity contribution is 5.87. The number of aromatic nitrogens is 2. The number of fused-ring (bicyclic) bond motifs is 5. The normalized spacial score (nSPS) is 14.5. The van der Waals surface area contributed by atoms with Crippen molar-refractivity contribution in [2.75, 3.05) is 12.2 Å². The van der Waals surface area contributed by atoms with Crippen LogP contribution in [0, 0.1) is 11.3 Å². The highest BCUT2D eigenvalue weighted by atomic mass is 16.7. The lowest BCUT2D eigenvalue weighted by molar-refractivity contribution is 0.174. The Morgan fingerprint density at radius 3 is 2.90 bits per heavy atom. The highest BCUT2D eigenvalue weighted by Crippen LogP contribution is 2.36. The zero-order valence-electron chi connectivity index (χ0n) is 16.1. The molecule has 0 atom stereocenters. The summed E-state index contributed by atoms with van der Waals surface area (Å²) in [5.41, 5.74) is 9.55. The molecule has 30 heavy (non-hydrogen) atoms. The van der Waals surface area contributed by atoms with Gasteiger partial charge >= 0.3 is 0 Å². The predicted octanol–water partition coefficient (Wildman–Crippen LogP) is 4.02. The molecular formula is C23H17N5O2. The summed E-state index contributed by atoms with van der Waals surface area (Å²) in [5.74, 6) is 2.35. The number of hydrogen-bond acceptors (Lipinski definition) is 6. The van der Waals surface area contributed by atoms with Gasteiger partial charge in [0.2, 0.25) is 6.79 Å². The second kappa shape index (κ2) is 6.49. The molecule has 0 radical (unpaired) electrons. The number of rotatable bonds is 3. The Bertz CT molecular complexity index is 1400. The Hall–Kier alpha value is -4.05. The van der Waals surface area contributed by atoms with Gasteiger partial charge in [-0.25, -0.2) is 4.98 Å². The van der Waals surface area contributed by atoms with Crippen molar-refractivity contribution < 1.29 is 9.47 Å². The van der Waals surface area contributed by atoms with Gasteiger partial charge in [-0.1, -0.05) is 12.1 Å². The summed E-state index contributed by atoms with van der Waals surface area (Å²) in [7, 11) is 0. The molecule has 0 bridgehead atoms. The first-order chi connectivity index (χ1) is 14.8. The van der Waals surface area contributed by atoms with Crippen LogP contribution in [0.1, 0.15) is 28.7 Å². The molecule has 0 spiro atoms. The molecule has 0 saturated heterocycles. The van der Waals surface area contributed by atoms with E-state index in [1.807, 2.05) is 46.9 Å². The van der Waals surface area contributed by atoms with Crippen molar-refractivity contribution in [2.45, 2.75) is 19.3 Å². The zero-order chi connectivity index (χ0) is 20.1. The molecule has 4 aromatic rings. The van der Waals surface area contributed by atoms with Crippen molar-refractivity contribution in [2.24, 2.45) is 5.10 Å². The van der Waals surface area contributed by atoms with Crippen LogP contribution in [0.3, 0.4) is 0 Å². The lowest BCUT2D eigenvalue weighted by atomic mass is 10.1. The minimum atomic E-state index is 0.247. The van der Waals surface area contributed by atoms with Gasteiger partial charge in [0.05, 0.1) is 22.8 Å². The fourth-order valence-electron chi connectivity index (χ4n) is 4.37. The molecule has 1 aliphatic carbocycles. The molecule has 6 rings (SSSR count). The minimum absolute atomic E-state index is 0.247. The lowest BCUT2D eigenvalue weighted by Crippen LogP contribution is -2.06. The van der Waals surface area contributed by atoms with Gasteiger partial charge in [0.25, 0.3) is 0 Å². The maximum atomic E-state index is 9.84. The number of nitrogens with zero attached hydrogens (tertiary/aromatic N) is 4. The van der Waals surface area contributed by atoms with Crippen molar-refractivity contribution >= 4 is 28.7 Å². The SMILES string of the molecule is N#Cc1c2c(c(N/N=C\c3ccc4c(c3)OCO4)n3c1nc1ccccc13)CCC2. The maximum absolute atomic E-state index is 9.84. The van der Waals surface area contributed by atoms with Crippen molar-refractivity contribution in [3.05, 3.63) is 64.7 Å². The fraction of sp³-hybridized carbons (Fsp3) is 0.174. The van der Waals surface area contributed by atoms with Crippen LogP contribution in [0.15, 0.2) is 47.6 Å². The zero-order valence-corrected chi connectivity index (χ0v) is 16.1. The lowest BCUT2D eigenvalue weighted by Gasteiger charge is -2.13. The average molecular weight is 395 g/mol. The second-order valence-electron chi connectivity index (χ2n) is 7.39. The van der Waals surface area contributed by atoms with Gasteiger partial charge in [-0.15, -0.1) is 0 Å². The molecule has 0 amide bonds. The third kappa shape index (κ3) is 2.44. The van der Waals surface area contributed by atoms with Crippen molar-refractivity contribution in [3.8, 4) is 17.6 Å². The first-order valence-corrected chi connectivity index (χ1v) is 9.87. The van der Waals surface area contributed by atoms with Gasteiger partial charge in [-0.3, -0.25) is 9.83 Å². The molecule has 1 N–H and O–H groups in total. The first-order valence-electron chi connectivity index (χ1n) is 9.87. The molecule has 2 aromatic heterocycles. The fourth-order valence-corrected chi connectivity index (χ4v) is 4.37. The Morgan fingerprint density at radius 2 is 1.97 bits per heavy atom. The van der Waals surface area contributed by atoms with Gasteiger partial charge in [0.1, 0.15) is 11.9 Å². The van der Waals surface area contributed by atoms with Crippen LogP contribution in [0.2, 0.25) is 0 Å². The van der Waals surface area contributed by atoms with Crippen molar-refractivity contribution in [1.29, 1.82) is 5.26 Å². The number of benzene rings is 2. The molecule has 0 saturated carbocycles. The molecule has 0 fully saturated rings. The van der Waals surface area contributed by atoms with Gasteiger partial charge in [-0.05, 0) is 66.3 Å². The molecule has 2 aliphatic rings. The first kappa shape index (κ1) is 16.9. The number of pyridine rings is 1. The molecule has 146 valence electrons. The largest absolute Gasteiger partial charge is 0.454 e. The number of para-hydroxylation sites is 2. The van der Waals surface area contributed by atoms with E-state index in [-0.39, 0.29) is 6.79 Å². The molecule has 0 unspecified atom stereocenters. The molecule has 1 aliphatic heterocycles. The van der Waals surface area contributed by atoms with Crippen molar-refractivity contribution in [1.82, 2.24) is 9.38 Å². The van der Waals surface area contributed by atoms with E-state index >= 15 is 0 Å². The van der Waals surface area contributed by atoms with Gasteiger partial charge < -0.3 is 9.47 Å². The molecule has 7 nitrogen and oxygen atoms in total. The van der Waals surface area contributed by atoms with E-state index in [2.05, 4.69) is 16.6 Å². The summed E-state index contributed by atoms with van der Waals surface area (Å²) in [6.45, 7) is 0.247. The predicted molar refractivity (Wildman–Crippen MR) is 113 cm³/mol. The summed E-state index contributed by atoms with van der Waals surface area (Å²) in [6, 6.07) is 16.0. The van der Waals surface area contributed by atoms with Crippen LogP contribution < -0.4 is 14.9 Å². The van der Waals surface area contributed by atoms with E-state index in [9.17, 15) is 5.26 Å². The molecule has 7 heteroatoms. The number of hydrazone groups is 1. The van der Waals surface area contributed by atoms with E-state index in [0.29, 0.717) is 11.2 Å². The summed E-state index contributed by atoms with van der Waals surface area (Å²) in [5, 5.41) is 14.3. The number of ether oxygens (including phenoxy) is 2. The Kier molecular flexibility index (Phi) is 3.65. The topological polar surface area (TPSA) is 83.9 Å². The smallest absolute Gasteiger partial charge is 0.231 e. The van der Waals surface area contributed by atoms with E-state index in [0.717, 1.165) is 64.3 Å². The summed E-state index contributed by atoms with van der Waals surface area (Å²) < 4.78 is 12.8. The molecule has 2 aromatic carbocycles. The summed E-state index contributed by atoms with van der Waals surface area (Å²) in [6.07, 6.45) is 4.58. The Labute approximate surface area is 172 Å². The summed E-state index contributed by atoms with van der Waals surface area (Å²) >= 11 is 0. The van der Waals surface area contributed by atoms with Crippen LogP contribution in [-0.4, -0.2) is 22.4 Å². The quantitative estimate of drug-likeness (QED) is 0.418. The van der Waals surface area contributed by atoms with Gasteiger partial charge in [0, 0.05) is 0 Å². The van der Waals surface area contributed by atoms with Crippen molar-refractivity contribution in [3.63, 3.8) is 0 Å². The number of hydrogen-bond donors (Lipinski definition) is 1. The Morgan fingerprint density at radius 1 is 1.10 bits per heavy atom. The van der Waals surface area contributed by atoms with Crippen LogP contribution in [0.4, 0.5) is 5.82 Å². The number of anilines is 1. The number of imidazole rings is 1. The van der Waals surface area contributed by atoms with Gasteiger partial charge in [0.15, 0.2) is 17.1 Å². The number of nitriles is 1. The third-order valence-corrected chi connectivity index (χ3v) is 5.71. The second-order valence-corrected chi connectivity index (χ2v) is 7.39. The molecule has 3 heterocycles. The third-order valence-electron chi connectivity index (χ3n) is 5.71. The van der Waals surface area contributed by atoms with E-state index in [1.165, 1.54) is 0 Å². The monoisotopic (exact) mass is 395 g/mol. The Balaban J connectivity index is 1.48. The van der Waals surface area contributed by atoms with Gasteiger partial charge in [-0.2, -0.15) is 10.4 Å². The van der Waals surface area contributed by atoms with Crippen LogP contribution in [0.5, 0.6) is 11.5 Å². The van der Waals surface area contributed by atoms with E-state index in [1.54, 1.807) is 6.21 Å². The maximum Gasteiger partial charge on any atom is 0.231 e. The van der Waals surface area contributed by atoms with Crippen LogP contribution in [0.25, 0.3) is 16.7 Å². The number of nitrogens with one attached hydrogen (secondary N) is 1. The van der Waals surface area contributed by atoms with Crippen LogP contribution in [-0.2, 0) is 12.8 Å². The molecular weight excluding hydrogens is 378 g/mol. The highest BCUT2D eigenvalue weighted by Gasteiger charge is 2.25. The average Bonchev–Trinajstić information content (AvgIpc) is 3.51. The summed E-state index contributed by atoms with van der Waals surface area (Å²) in [4.78, 5) is 4.75.